The van der Waals surface area contributed by atoms with Crippen molar-refractivity contribution in [2.45, 2.75) is 0 Å². The number of nitrogens with zero attached hydrogens (tertiary/aromatic N) is 3. The topological polar surface area (TPSA) is 119 Å². The highest BCUT2D eigenvalue weighted by Crippen LogP contribution is 2.17. The van der Waals surface area contributed by atoms with Crippen molar-refractivity contribution >= 4 is 23.5 Å². The highest BCUT2D eigenvalue weighted by atomic mass is 35.5. The summed E-state index contributed by atoms with van der Waals surface area (Å²) in [5.41, 5.74) is 4.80. The van der Waals surface area contributed by atoms with Crippen LogP contribution in [0.4, 0.5) is 0 Å². The molecule has 2 aromatic heterocycles. The van der Waals surface area contributed by atoms with Crippen molar-refractivity contribution in [3.8, 4) is 11.4 Å². The summed E-state index contributed by atoms with van der Waals surface area (Å²) in [6, 6.07) is 3.15. The van der Waals surface area contributed by atoms with Gasteiger partial charge in [0.1, 0.15) is 5.69 Å². The maximum atomic E-state index is 11.2. The van der Waals surface area contributed by atoms with E-state index in [0.29, 0.717) is 10.7 Å². The molecule has 1 amide bonds. The lowest BCUT2D eigenvalue weighted by atomic mass is 10.2. The van der Waals surface area contributed by atoms with E-state index in [0.717, 1.165) is 0 Å². The zero-order chi connectivity index (χ0) is 14.0. The van der Waals surface area contributed by atoms with Crippen molar-refractivity contribution in [1.29, 1.82) is 0 Å². The lowest BCUT2D eigenvalue weighted by Gasteiger charge is -2.04. The fourth-order valence-corrected chi connectivity index (χ4v) is 1.48. The van der Waals surface area contributed by atoms with Crippen molar-refractivity contribution in [3.63, 3.8) is 0 Å². The van der Waals surface area contributed by atoms with Crippen LogP contribution in [-0.2, 0) is 0 Å². The van der Waals surface area contributed by atoms with Crippen molar-refractivity contribution in [1.82, 2.24) is 15.0 Å². The largest absolute Gasteiger partial charge is 0.476 e. The second-order valence-corrected chi connectivity index (χ2v) is 3.92. The Kier molecular flexibility index (Phi) is 3.39. The van der Waals surface area contributed by atoms with Crippen LogP contribution in [0, 0.1) is 0 Å². The van der Waals surface area contributed by atoms with Crippen LogP contribution < -0.4 is 5.73 Å². The Morgan fingerprint density at radius 3 is 2.37 bits per heavy atom. The first-order valence-electron chi connectivity index (χ1n) is 5.01. The molecule has 2 aromatic rings. The van der Waals surface area contributed by atoms with Crippen LogP contribution in [0.1, 0.15) is 21.0 Å². The van der Waals surface area contributed by atoms with Crippen LogP contribution in [0.15, 0.2) is 24.5 Å². The van der Waals surface area contributed by atoms with Gasteiger partial charge in [-0.1, -0.05) is 11.6 Å². The summed E-state index contributed by atoms with van der Waals surface area (Å²) in [5, 5.41) is 9.31. The number of carbonyl (C=O) groups excluding carboxylic acids is 1. The van der Waals surface area contributed by atoms with E-state index in [1.807, 2.05) is 0 Å². The van der Waals surface area contributed by atoms with Crippen LogP contribution in [0.2, 0.25) is 5.02 Å². The Bertz CT molecular complexity index is 657. The van der Waals surface area contributed by atoms with Gasteiger partial charge in [0.15, 0.2) is 11.4 Å². The van der Waals surface area contributed by atoms with Crippen LogP contribution in [0.5, 0.6) is 0 Å². The van der Waals surface area contributed by atoms with E-state index in [4.69, 9.17) is 22.4 Å². The van der Waals surface area contributed by atoms with Crippen LogP contribution in [0.3, 0.4) is 0 Å². The number of primary amides is 1. The smallest absolute Gasteiger partial charge is 0.356 e. The molecular formula is C11H7ClN4O3. The normalized spacial score (nSPS) is 10.2. The molecule has 0 atom stereocenters. The van der Waals surface area contributed by atoms with Crippen LogP contribution >= 0.6 is 11.6 Å². The van der Waals surface area contributed by atoms with Gasteiger partial charge in [-0.15, -0.1) is 0 Å². The number of rotatable bonds is 3. The fourth-order valence-electron chi connectivity index (χ4n) is 1.37. The predicted molar refractivity (Wildman–Crippen MR) is 65.8 cm³/mol. The Morgan fingerprint density at radius 1 is 1.11 bits per heavy atom. The van der Waals surface area contributed by atoms with E-state index in [2.05, 4.69) is 15.0 Å². The summed E-state index contributed by atoms with van der Waals surface area (Å²) in [6.07, 6.45) is 2.60. The molecule has 3 N–H and O–H groups in total. The summed E-state index contributed by atoms with van der Waals surface area (Å²) in [6.45, 7) is 0. The standard InChI is InChI=1S/C11H7ClN4O3/c12-5-1-2-6(14-3-5)7-4-15-9(11(18)19)8(16-7)10(13)17/h1-4H,(H2,13,17)(H,18,19). The molecule has 0 saturated heterocycles. The van der Waals surface area contributed by atoms with E-state index in [1.165, 1.54) is 12.4 Å². The number of halogens is 1. The maximum Gasteiger partial charge on any atom is 0.356 e. The molecule has 8 heteroatoms. The molecule has 0 unspecified atom stereocenters. The Hall–Kier alpha value is -2.54. The minimum Gasteiger partial charge on any atom is -0.476 e. The van der Waals surface area contributed by atoms with E-state index in [-0.39, 0.29) is 5.69 Å². The summed E-state index contributed by atoms with van der Waals surface area (Å²) in [5.74, 6) is -2.35. The second-order valence-electron chi connectivity index (χ2n) is 3.48. The van der Waals surface area contributed by atoms with Gasteiger partial charge in [-0.25, -0.2) is 14.8 Å². The third-order valence-corrected chi connectivity index (χ3v) is 2.42. The Morgan fingerprint density at radius 2 is 1.84 bits per heavy atom. The van der Waals surface area contributed by atoms with Gasteiger partial charge in [-0.05, 0) is 12.1 Å². The zero-order valence-electron chi connectivity index (χ0n) is 9.37. The van der Waals surface area contributed by atoms with E-state index >= 15 is 0 Å². The van der Waals surface area contributed by atoms with Gasteiger partial charge in [-0.3, -0.25) is 9.78 Å². The van der Waals surface area contributed by atoms with Crippen LogP contribution in [0.25, 0.3) is 11.4 Å². The minimum absolute atomic E-state index is 0.232. The number of aromatic carboxylic acids is 1. The monoisotopic (exact) mass is 278 g/mol. The molecule has 7 nitrogen and oxygen atoms in total. The summed E-state index contributed by atoms with van der Waals surface area (Å²) < 4.78 is 0. The quantitative estimate of drug-likeness (QED) is 0.864. The maximum absolute atomic E-state index is 11.2. The van der Waals surface area contributed by atoms with Gasteiger partial charge in [0.25, 0.3) is 5.91 Å². The number of carbonyl (C=O) groups is 2. The number of nitrogens with two attached hydrogens (primary N) is 1. The van der Waals surface area contributed by atoms with Crippen molar-refractivity contribution in [2.24, 2.45) is 5.73 Å². The van der Waals surface area contributed by atoms with Gasteiger partial charge in [0.2, 0.25) is 0 Å². The molecule has 2 rings (SSSR count). The first kappa shape index (κ1) is 12.9. The third kappa shape index (κ3) is 2.66. The number of carboxylic acids is 1. The molecule has 0 fully saturated rings. The molecule has 0 spiro atoms. The molecule has 96 valence electrons. The first-order valence-corrected chi connectivity index (χ1v) is 5.39. The number of hydrogen-bond donors (Lipinski definition) is 2. The molecule has 0 aromatic carbocycles. The first-order chi connectivity index (χ1) is 8.99. The van der Waals surface area contributed by atoms with E-state index in [9.17, 15) is 9.59 Å². The molecule has 19 heavy (non-hydrogen) atoms. The molecule has 0 aliphatic heterocycles. The molecule has 0 saturated carbocycles. The summed E-state index contributed by atoms with van der Waals surface area (Å²) in [4.78, 5) is 33.6. The molecule has 0 radical (unpaired) electrons. The third-order valence-electron chi connectivity index (χ3n) is 2.20. The number of amides is 1. The van der Waals surface area contributed by atoms with Gasteiger partial charge in [0.05, 0.1) is 16.9 Å². The minimum atomic E-state index is -1.38. The highest BCUT2D eigenvalue weighted by Gasteiger charge is 2.19. The SMILES string of the molecule is NC(=O)c1nc(-c2ccc(Cl)cn2)cnc1C(=O)O. The molecule has 0 aliphatic carbocycles. The molecular weight excluding hydrogens is 272 g/mol. The summed E-state index contributed by atoms with van der Waals surface area (Å²) >= 11 is 5.70. The molecule has 2 heterocycles. The number of carboxylic acid groups (broad SMARTS) is 1. The summed E-state index contributed by atoms with van der Waals surface area (Å²) in [7, 11) is 0. The van der Waals surface area contributed by atoms with Gasteiger partial charge < -0.3 is 10.8 Å². The van der Waals surface area contributed by atoms with Gasteiger partial charge >= 0.3 is 5.97 Å². The van der Waals surface area contributed by atoms with E-state index < -0.39 is 23.3 Å². The number of aromatic nitrogens is 3. The van der Waals surface area contributed by atoms with Crippen molar-refractivity contribution < 1.29 is 14.7 Å². The highest BCUT2D eigenvalue weighted by molar-refractivity contribution is 6.30. The molecule has 0 bridgehead atoms. The lowest BCUT2D eigenvalue weighted by molar-refractivity contribution is 0.0684. The molecule has 0 aliphatic rings. The van der Waals surface area contributed by atoms with Gasteiger partial charge in [0, 0.05) is 6.20 Å². The number of hydrogen-bond acceptors (Lipinski definition) is 5. The van der Waals surface area contributed by atoms with Crippen molar-refractivity contribution in [3.05, 3.63) is 40.9 Å². The Balaban J connectivity index is 2.55. The van der Waals surface area contributed by atoms with E-state index in [1.54, 1.807) is 12.1 Å². The zero-order valence-corrected chi connectivity index (χ0v) is 10.1. The van der Waals surface area contributed by atoms with Gasteiger partial charge in [-0.2, -0.15) is 0 Å². The van der Waals surface area contributed by atoms with Crippen molar-refractivity contribution in [2.75, 3.05) is 0 Å². The fraction of sp³-hybridized carbons (Fsp3) is 0. The second kappa shape index (κ2) is 4.99. The lowest BCUT2D eigenvalue weighted by Crippen LogP contribution is -2.20. The van der Waals surface area contributed by atoms with Crippen LogP contribution in [-0.4, -0.2) is 31.9 Å². The Labute approximate surface area is 112 Å². The number of pyridine rings is 1. The average Bonchev–Trinajstić information content (AvgIpc) is 2.38. The predicted octanol–water partition coefficient (Wildman–Crippen LogP) is 0.989. The average molecular weight is 279 g/mol.